The third-order valence-corrected chi connectivity index (χ3v) is 2.65. The predicted molar refractivity (Wildman–Crippen MR) is 69.2 cm³/mol. The van der Waals surface area contributed by atoms with Crippen molar-refractivity contribution in [1.29, 1.82) is 0 Å². The maximum atomic E-state index is 13.3. The molecule has 0 atom stereocenters. The molecular weight excluding hydrogens is 285 g/mol. The Morgan fingerprint density at radius 1 is 1.19 bits per heavy atom. The second-order valence-corrected chi connectivity index (χ2v) is 4.02. The number of aliphatic hydroxyl groups is 1. The Balaban J connectivity index is 2.44. The van der Waals surface area contributed by atoms with Gasteiger partial charge < -0.3 is 9.94 Å². The zero-order valence-corrected chi connectivity index (χ0v) is 10.8. The van der Waals surface area contributed by atoms with E-state index in [0.717, 1.165) is 12.1 Å². The number of oxime groups is 1. The quantitative estimate of drug-likeness (QED) is 0.681. The van der Waals surface area contributed by atoms with Crippen molar-refractivity contribution >= 4 is 5.71 Å². The van der Waals surface area contributed by atoms with E-state index >= 15 is 0 Å². The fraction of sp³-hybridized carbons (Fsp3) is 0.143. The molecule has 0 aliphatic heterocycles. The molecule has 0 aliphatic carbocycles. The van der Waals surface area contributed by atoms with Gasteiger partial charge in [-0.05, 0) is 29.8 Å². The molecule has 4 nitrogen and oxygen atoms in total. The minimum absolute atomic E-state index is 0.0519. The maximum absolute atomic E-state index is 13.3. The average molecular weight is 296 g/mol. The van der Waals surface area contributed by atoms with E-state index in [1.165, 1.54) is 18.3 Å². The molecule has 2 aromatic rings. The van der Waals surface area contributed by atoms with Gasteiger partial charge in [-0.3, -0.25) is 4.98 Å². The number of aromatic nitrogens is 1. The molecule has 1 heterocycles. The molecule has 0 saturated heterocycles. The number of rotatable bonds is 5. The highest BCUT2D eigenvalue weighted by atomic mass is 19.2. The molecule has 0 aliphatic rings. The van der Waals surface area contributed by atoms with Crippen molar-refractivity contribution in [3.05, 3.63) is 65.0 Å². The van der Waals surface area contributed by atoms with Gasteiger partial charge >= 0.3 is 0 Å². The summed E-state index contributed by atoms with van der Waals surface area (Å²) in [7, 11) is 0. The van der Waals surface area contributed by atoms with Crippen LogP contribution >= 0.6 is 0 Å². The Labute approximate surface area is 118 Å². The third-order valence-electron chi connectivity index (χ3n) is 2.65. The van der Waals surface area contributed by atoms with E-state index in [1.54, 1.807) is 6.07 Å². The Hall–Kier alpha value is -2.41. The highest BCUT2D eigenvalue weighted by Crippen LogP contribution is 2.14. The van der Waals surface area contributed by atoms with Gasteiger partial charge in [0, 0.05) is 11.8 Å². The minimum Gasteiger partial charge on any atom is -0.392 e. The van der Waals surface area contributed by atoms with Gasteiger partial charge in [0.2, 0.25) is 0 Å². The molecule has 1 aromatic heterocycles. The highest BCUT2D eigenvalue weighted by molar-refractivity contribution is 6.11. The van der Waals surface area contributed by atoms with E-state index in [9.17, 15) is 13.2 Å². The van der Waals surface area contributed by atoms with Crippen molar-refractivity contribution in [2.45, 2.75) is 6.61 Å². The van der Waals surface area contributed by atoms with Crippen molar-refractivity contribution in [1.82, 2.24) is 4.98 Å². The van der Waals surface area contributed by atoms with Crippen molar-refractivity contribution in [3.63, 3.8) is 0 Å². The molecule has 0 bridgehead atoms. The zero-order valence-electron chi connectivity index (χ0n) is 10.8. The molecule has 0 unspecified atom stereocenters. The molecule has 110 valence electrons. The summed E-state index contributed by atoms with van der Waals surface area (Å²) in [5.74, 6) is -2.07. The van der Waals surface area contributed by atoms with Crippen LogP contribution in [0.2, 0.25) is 0 Å². The van der Waals surface area contributed by atoms with E-state index in [4.69, 9.17) is 5.11 Å². The molecule has 0 saturated carbocycles. The van der Waals surface area contributed by atoms with Gasteiger partial charge in [0.1, 0.15) is 5.71 Å². The second kappa shape index (κ2) is 6.85. The number of alkyl halides is 1. The SMILES string of the molecule is OCc1ccc(C(=NOCF)c2ccc(F)c(F)c2)nc1. The summed E-state index contributed by atoms with van der Waals surface area (Å²) in [5, 5.41) is 12.5. The normalized spacial score (nSPS) is 11.5. The van der Waals surface area contributed by atoms with Crippen LogP contribution in [-0.2, 0) is 11.4 Å². The lowest BCUT2D eigenvalue weighted by atomic mass is 10.1. The van der Waals surface area contributed by atoms with E-state index < -0.39 is 18.5 Å². The first-order valence-corrected chi connectivity index (χ1v) is 5.93. The third kappa shape index (κ3) is 3.57. The molecular formula is C14H11F3N2O2. The number of hydrogen-bond donors (Lipinski definition) is 1. The Morgan fingerprint density at radius 3 is 2.57 bits per heavy atom. The number of pyridine rings is 1. The van der Waals surface area contributed by atoms with Crippen LogP contribution in [0.4, 0.5) is 13.2 Å². The number of nitrogens with zero attached hydrogens (tertiary/aromatic N) is 2. The Kier molecular flexibility index (Phi) is 4.89. The molecule has 0 fully saturated rings. The van der Waals surface area contributed by atoms with E-state index in [2.05, 4.69) is 15.0 Å². The van der Waals surface area contributed by atoms with Gasteiger partial charge in [0.05, 0.1) is 12.3 Å². The number of halogens is 3. The molecule has 2 rings (SSSR count). The molecule has 7 heteroatoms. The maximum Gasteiger partial charge on any atom is 0.255 e. The van der Waals surface area contributed by atoms with E-state index in [1.807, 2.05) is 0 Å². The number of benzene rings is 1. The Morgan fingerprint density at radius 2 is 2.00 bits per heavy atom. The fourth-order valence-electron chi connectivity index (χ4n) is 1.64. The summed E-state index contributed by atoms with van der Waals surface area (Å²) in [5.41, 5.74) is 1.07. The molecule has 0 amide bonds. The first-order chi connectivity index (χ1) is 10.2. The van der Waals surface area contributed by atoms with Gasteiger partial charge in [0.25, 0.3) is 6.86 Å². The summed E-state index contributed by atoms with van der Waals surface area (Å²) < 4.78 is 38.4. The summed E-state index contributed by atoms with van der Waals surface area (Å²) in [6, 6.07) is 6.20. The summed E-state index contributed by atoms with van der Waals surface area (Å²) >= 11 is 0. The first-order valence-electron chi connectivity index (χ1n) is 5.93. The lowest BCUT2D eigenvalue weighted by Crippen LogP contribution is -2.08. The van der Waals surface area contributed by atoms with Crippen molar-refractivity contribution < 1.29 is 23.1 Å². The second-order valence-electron chi connectivity index (χ2n) is 4.02. The average Bonchev–Trinajstić information content (AvgIpc) is 2.51. The number of aliphatic hydroxyl groups excluding tert-OH is 1. The molecule has 1 aromatic carbocycles. The molecule has 21 heavy (non-hydrogen) atoms. The Bertz CT molecular complexity index is 645. The van der Waals surface area contributed by atoms with Crippen molar-refractivity contribution in [2.24, 2.45) is 5.16 Å². The van der Waals surface area contributed by atoms with Gasteiger partial charge in [0.15, 0.2) is 11.6 Å². The van der Waals surface area contributed by atoms with Gasteiger partial charge in [-0.2, -0.15) is 0 Å². The van der Waals surface area contributed by atoms with Crippen LogP contribution in [-0.4, -0.2) is 22.7 Å². The monoisotopic (exact) mass is 296 g/mol. The lowest BCUT2D eigenvalue weighted by molar-refractivity contribution is 0.0637. The van der Waals surface area contributed by atoms with Crippen LogP contribution in [0.3, 0.4) is 0 Å². The summed E-state index contributed by atoms with van der Waals surface area (Å²) in [6.07, 6.45) is 1.39. The molecule has 0 spiro atoms. The number of hydrogen-bond acceptors (Lipinski definition) is 4. The van der Waals surface area contributed by atoms with E-state index in [-0.39, 0.29) is 23.6 Å². The van der Waals surface area contributed by atoms with Crippen LogP contribution in [0.1, 0.15) is 16.8 Å². The lowest BCUT2D eigenvalue weighted by Gasteiger charge is -2.07. The standard InChI is InChI=1S/C14H11F3N2O2/c15-8-21-19-14(10-2-3-11(16)12(17)5-10)13-4-1-9(7-20)6-18-13/h1-6,20H,7-8H2. The van der Waals surface area contributed by atoms with Gasteiger partial charge in [-0.1, -0.05) is 11.2 Å². The smallest absolute Gasteiger partial charge is 0.255 e. The topological polar surface area (TPSA) is 54.7 Å². The van der Waals surface area contributed by atoms with Gasteiger partial charge in [-0.25, -0.2) is 13.2 Å². The van der Waals surface area contributed by atoms with Crippen LogP contribution in [0.25, 0.3) is 0 Å². The van der Waals surface area contributed by atoms with Crippen LogP contribution in [0.15, 0.2) is 41.7 Å². The summed E-state index contributed by atoms with van der Waals surface area (Å²) in [4.78, 5) is 8.37. The molecule has 0 radical (unpaired) electrons. The van der Waals surface area contributed by atoms with Crippen molar-refractivity contribution in [2.75, 3.05) is 6.86 Å². The largest absolute Gasteiger partial charge is 0.392 e. The van der Waals surface area contributed by atoms with Gasteiger partial charge in [-0.15, -0.1) is 0 Å². The van der Waals surface area contributed by atoms with Crippen LogP contribution in [0, 0.1) is 11.6 Å². The van der Waals surface area contributed by atoms with Crippen LogP contribution < -0.4 is 0 Å². The fourth-order valence-corrected chi connectivity index (χ4v) is 1.64. The zero-order chi connectivity index (χ0) is 15.2. The highest BCUT2D eigenvalue weighted by Gasteiger charge is 2.13. The van der Waals surface area contributed by atoms with Crippen LogP contribution in [0.5, 0.6) is 0 Å². The predicted octanol–water partition coefficient (Wildman–Crippen LogP) is 2.55. The summed E-state index contributed by atoms with van der Waals surface area (Å²) in [6.45, 7) is -1.35. The van der Waals surface area contributed by atoms with Crippen molar-refractivity contribution in [3.8, 4) is 0 Å². The first kappa shape index (κ1) is 15.0. The minimum atomic E-state index is -1.16. The molecule has 1 N–H and O–H groups in total. The van der Waals surface area contributed by atoms with E-state index in [0.29, 0.717) is 5.56 Å².